The Morgan fingerprint density at radius 2 is 1.81 bits per heavy atom. The van der Waals surface area contributed by atoms with Gasteiger partial charge in [-0.3, -0.25) is 15.1 Å². The molecule has 0 spiro atoms. The fourth-order valence-electron chi connectivity index (χ4n) is 2.84. The van der Waals surface area contributed by atoms with Crippen LogP contribution in [0.25, 0.3) is 10.2 Å². The number of amides is 3. The number of methoxy groups -OCH3 is 1. The number of benzene rings is 2. The zero-order valence-electron chi connectivity index (χ0n) is 17.0. The summed E-state index contributed by atoms with van der Waals surface area (Å²) in [5, 5.41) is 5.97. The summed E-state index contributed by atoms with van der Waals surface area (Å²) in [5.41, 5.74) is 7.56. The summed E-state index contributed by atoms with van der Waals surface area (Å²) in [4.78, 5) is 31.8. The predicted octanol–water partition coefficient (Wildman–Crippen LogP) is 4.02. The Morgan fingerprint density at radius 3 is 2.56 bits per heavy atom. The van der Waals surface area contributed by atoms with E-state index < -0.39 is 11.9 Å². The summed E-state index contributed by atoms with van der Waals surface area (Å²) in [6.07, 6.45) is 1.51. The van der Waals surface area contributed by atoms with Gasteiger partial charge in [0.25, 0.3) is 5.91 Å². The number of nitrogens with two attached hydrogens (primary N) is 1. The molecule has 162 valence electrons. The molecule has 0 aliphatic rings. The second-order valence-electron chi connectivity index (χ2n) is 6.66. The molecule has 0 unspecified atom stereocenters. The van der Waals surface area contributed by atoms with E-state index in [2.05, 4.69) is 20.6 Å². The maximum Gasteiger partial charge on any atom is 0.325 e. The standard InChI is InChI=1S/C22H19N5O4S/c1-30-16-6-7-17-19(11-16)32-22(26-17)27-21(29)25-14-2-4-15(5-3-14)31-12-13-8-9-24-18(10-13)20(23)28/h2-11H,12H2,1H3,(H2,23,28)(H2,25,26,27,29). The largest absolute Gasteiger partial charge is 0.497 e. The average Bonchev–Trinajstić information content (AvgIpc) is 3.19. The molecule has 0 bridgehead atoms. The highest BCUT2D eigenvalue weighted by atomic mass is 32.1. The Labute approximate surface area is 187 Å². The molecule has 0 aliphatic heterocycles. The van der Waals surface area contributed by atoms with Crippen LogP contribution in [0.4, 0.5) is 15.6 Å². The molecule has 0 aliphatic carbocycles. The maximum atomic E-state index is 12.3. The van der Waals surface area contributed by atoms with Crippen molar-refractivity contribution >= 4 is 44.3 Å². The van der Waals surface area contributed by atoms with Crippen molar-refractivity contribution in [2.75, 3.05) is 17.7 Å². The van der Waals surface area contributed by atoms with Gasteiger partial charge < -0.3 is 20.5 Å². The molecule has 32 heavy (non-hydrogen) atoms. The smallest absolute Gasteiger partial charge is 0.325 e. The molecule has 0 saturated carbocycles. The van der Waals surface area contributed by atoms with Gasteiger partial charge >= 0.3 is 6.03 Å². The highest BCUT2D eigenvalue weighted by Crippen LogP contribution is 2.29. The quantitative estimate of drug-likeness (QED) is 0.391. The van der Waals surface area contributed by atoms with E-state index in [0.717, 1.165) is 21.5 Å². The Balaban J connectivity index is 1.32. The fraction of sp³-hybridized carbons (Fsp3) is 0.0909. The van der Waals surface area contributed by atoms with Crippen LogP contribution in [-0.4, -0.2) is 29.0 Å². The third-order valence-corrected chi connectivity index (χ3v) is 5.34. The topological polar surface area (TPSA) is 128 Å². The lowest BCUT2D eigenvalue weighted by atomic mass is 10.2. The van der Waals surface area contributed by atoms with E-state index in [1.165, 1.54) is 17.5 Å². The Bertz CT molecular complexity index is 1270. The number of ether oxygens (including phenoxy) is 2. The van der Waals surface area contributed by atoms with E-state index in [0.29, 0.717) is 16.6 Å². The molecule has 0 radical (unpaired) electrons. The number of nitrogens with one attached hydrogen (secondary N) is 2. The number of fused-ring (bicyclic) bond motifs is 1. The fourth-order valence-corrected chi connectivity index (χ4v) is 3.73. The number of hydrogen-bond acceptors (Lipinski definition) is 7. The molecule has 0 fully saturated rings. The van der Waals surface area contributed by atoms with E-state index in [1.807, 2.05) is 18.2 Å². The van der Waals surface area contributed by atoms with Gasteiger partial charge in [-0.05, 0) is 60.2 Å². The first-order valence-corrected chi connectivity index (χ1v) is 10.3. The zero-order chi connectivity index (χ0) is 22.5. The van der Waals surface area contributed by atoms with Gasteiger partial charge in [0.1, 0.15) is 23.8 Å². The lowest BCUT2D eigenvalue weighted by Gasteiger charge is -2.09. The minimum Gasteiger partial charge on any atom is -0.497 e. The van der Waals surface area contributed by atoms with Crippen LogP contribution in [0.1, 0.15) is 16.1 Å². The van der Waals surface area contributed by atoms with Gasteiger partial charge in [-0.1, -0.05) is 11.3 Å². The molecular formula is C22H19N5O4S. The Morgan fingerprint density at radius 1 is 1.03 bits per heavy atom. The third kappa shape index (κ3) is 5.10. The second kappa shape index (κ2) is 9.31. The monoisotopic (exact) mass is 449 g/mol. The van der Waals surface area contributed by atoms with Crippen molar-refractivity contribution in [2.24, 2.45) is 5.73 Å². The molecule has 10 heteroatoms. The second-order valence-corrected chi connectivity index (χ2v) is 7.69. The highest BCUT2D eigenvalue weighted by Gasteiger charge is 2.09. The van der Waals surface area contributed by atoms with Crippen LogP contribution in [0.15, 0.2) is 60.8 Å². The normalized spacial score (nSPS) is 10.5. The molecule has 2 aromatic heterocycles. The van der Waals surface area contributed by atoms with Crippen LogP contribution in [0, 0.1) is 0 Å². The molecule has 4 rings (SSSR count). The third-order valence-electron chi connectivity index (χ3n) is 4.41. The molecule has 9 nitrogen and oxygen atoms in total. The van der Waals surface area contributed by atoms with Crippen molar-refractivity contribution in [3.63, 3.8) is 0 Å². The van der Waals surface area contributed by atoms with E-state index in [4.69, 9.17) is 15.2 Å². The van der Waals surface area contributed by atoms with E-state index >= 15 is 0 Å². The number of aromatic nitrogens is 2. The van der Waals surface area contributed by atoms with Gasteiger partial charge in [-0.15, -0.1) is 0 Å². The minimum atomic E-state index is -0.592. The van der Waals surface area contributed by atoms with Crippen molar-refractivity contribution < 1.29 is 19.1 Å². The van der Waals surface area contributed by atoms with E-state index in [9.17, 15) is 9.59 Å². The van der Waals surface area contributed by atoms with Crippen molar-refractivity contribution in [1.29, 1.82) is 0 Å². The summed E-state index contributed by atoms with van der Waals surface area (Å²) in [6.45, 7) is 0.248. The summed E-state index contributed by atoms with van der Waals surface area (Å²) >= 11 is 1.36. The molecule has 2 heterocycles. The summed E-state index contributed by atoms with van der Waals surface area (Å²) in [5.74, 6) is 0.747. The first kappa shape index (κ1) is 21.1. The van der Waals surface area contributed by atoms with Crippen LogP contribution in [0.3, 0.4) is 0 Å². The summed E-state index contributed by atoms with van der Waals surface area (Å²) in [6, 6.07) is 15.4. The lowest BCUT2D eigenvalue weighted by Crippen LogP contribution is -2.19. The molecule has 3 amide bonds. The van der Waals surface area contributed by atoms with Crippen molar-refractivity contribution in [2.45, 2.75) is 6.61 Å². The van der Waals surface area contributed by atoms with Gasteiger partial charge in [0, 0.05) is 11.9 Å². The maximum absolute atomic E-state index is 12.3. The molecule has 0 saturated heterocycles. The van der Waals surface area contributed by atoms with Gasteiger partial charge in [-0.25, -0.2) is 9.78 Å². The number of thiazole rings is 1. The first-order valence-electron chi connectivity index (χ1n) is 9.50. The lowest BCUT2D eigenvalue weighted by molar-refractivity contribution is 0.0995. The number of nitrogens with zero attached hydrogens (tertiary/aromatic N) is 2. The van der Waals surface area contributed by atoms with Gasteiger partial charge in [-0.2, -0.15) is 0 Å². The number of urea groups is 1. The van der Waals surface area contributed by atoms with Crippen molar-refractivity contribution in [1.82, 2.24) is 9.97 Å². The number of rotatable bonds is 7. The van der Waals surface area contributed by atoms with Crippen LogP contribution in [-0.2, 0) is 6.61 Å². The number of primary amides is 1. The molecule has 2 aromatic carbocycles. The van der Waals surface area contributed by atoms with Gasteiger partial charge in [0.05, 0.1) is 17.3 Å². The van der Waals surface area contributed by atoms with E-state index in [-0.39, 0.29) is 12.3 Å². The van der Waals surface area contributed by atoms with Crippen molar-refractivity contribution in [3.8, 4) is 11.5 Å². The number of hydrogen-bond donors (Lipinski definition) is 3. The number of carbonyl (C=O) groups excluding carboxylic acids is 2. The zero-order valence-corrected chi connectivity index (χ0v) is 17.8. The average molecular weight is 449 g/mol. The van der Waals surface area contributed by atoms with Gasteiger partial charge in [0.2, 0.25) is 0 Å². The number of carbonyl (C=O) groups is 2. The summed E-state index contributed by atoms with van der Waals surface area (Å²) < 4.78 is 11.8. The van der Waals surface area contributed by atoms with Crippen LogP contribution >= 0.6 is 11.3 Å². The van der Waals surface area contributed by atoms with Crippen LogP contribution in [0.5, 0.6) is 11.5 Å². The SMILES string of the molecule is COc1ccc2nc(NC(=O)Nc3ccc(OCc4ccnc(C(N)=O)c4)cc3)sc2c1. The minimum absolute atomic E-state index is 0.184. The first-order chi connectivity index (χ1) is 15.5. The molecular weight excluding hydrogens is 430 g/mol. The van der Waals surface area contributed by atoms with Crippen LogP contribution in [0.2, 0.25) is 0 Å². The molecule has 0 atom stereocenters. The molecule has 4 N–H and O–H groups in total. The van der Waals surface area contributed by atoms with Gasteiger partial charge in [0.15, 0.2) is 5.13 Å². The Kier molecular flexibility index (Phi) is 6.13. The summed E-state index contributed by atoms with van der Waals surface area (Å²) in [7, 11) is 1.60. The number of anilines is 2. The predicted molar refractivity (Wildman–Crippen MR) is 122 cm³/mol. The van der Waals surface area contributed by atoms with Crippen LogP contribution < -0.4 is 25.8 Å². The Hall–Kier alpha value is -4.18. The molecule has 4 aromatic rings. The number of pyridine rings is 1. The highest BCUT2D eigenvalue weighted by molar-refractivity contribution is 7.22. The van der Waals surface area contributed by atoms with E-state index in [1.54, 1.807) is 43.5 Å². The van der Waals surface area contributed by atoms with Crippen molar-refractivity contribution in [3.05, 3.63) is 72.1 Å².